The molecule has 2 unspecified atom stereocenters. The van der Waals surface area contributed by atoms with Crippen LogP contribution >= 0.6 is 0 Å². The maximum Gasteiger partial charge on any atom is 0.0597 e. The van der Waals surface area contributed by atoms with Crippen LogP contribution in [-0.4, -0.2) is 40.4 Å². The van der Waals surface area contributed by atoms with E-state index < -0.39 is 0 Å². The molecule has 1 aromatic rings. The molecule has 1 N–H and O–H groups in total. The number of likely N-dealkylation sites (tertiary alicyclic amines) is 1. The van der Waals surface area contributed by atoms with Crippen LogP contribution in [0, 0.1) is 12.8 Å². The number of aromatic nitrogens is 2. The fourth-order valence-corrected chi connectivity index (χ4v) is 3.17. The van der Waals surface area contributed by atoms with Crippen molar-refractivity contribution in [3.05, 3.63) is 17.5 Å². The summed E-state index contributed by atoms with van der Waals surface area (Å²) in [7, 11) is 0. The number of rotatable bonds is 5. The van der Waals surface area contributed by atoms with Crippen LogP contribution in [0.2, 0.25) is 0 Å². The van der Waals surface area contributed by atoms with E-state index in [0.717, 1.165) is 31.2 Å². The minimum absolute atomic E-state index is 0.694. The SMILES string of the molecule is CCNC1CCN(Cc2cc(C)nn2CC)CC1C. The highest BCUT2D eigenvalue weighted by atomic mass is 15.3. The molecule has 0 aliphatic carbocycles. The van der Waals surface area contributed by atoms with E-state index in [-0.39, 0.29) is 0 Å². The van der Waals surface area contributed by atoms with Crippen molar-refractivity contribution >= 4 is 0 Å². The molecule has 0 saturated carbocycles. The summed E-state index contributed by atoms with van der Waals surface area (Å²) in [5.41, 5.74) is 2.49. The third kappa shape index (κ3) is 3.57. The standard InChI is InChI=1S/C15H28N4/c1-5-16-15-7-8-18(10-12(15)3)11-14-9-13(4)17-19(14)6-2/h9,12,15-16H,5-8,10-11H2,1-4H3. The zero-order valence-corrected chi connectivity index (χ0v) is 12.8. The van der Waals surface area contributed by atoms with Crippen molar-refractivity contribution in [2.45, 2.75) is 53.2 Å². The second-order valence-corrected chi connectivity index (χ2v) is 5.76. The molecule has 1 aliphatic heterocycles. The largest absolute Gasteiger partial charge is 0.314 e. The van der Waals surface area contributed by atoms with E-state index in [9.17, 15) is 0 Å². The number of hydrogen-bond acceptors (Lipinski definition) is 3. The van der Waals surface area contributed by atoms with Crippen LogP contribution in [-0.2, 0) is 13.1 Å². The number of nitrogens with one attached hydrogen (secondary N) is 1. The van der Waals surface area contributed by atoms with Gasteiger partial charge in [-0.3, -0.25) is 9.58 Å². The molecule has 0 bridgehead atoms. The third-order valence-electron chi connectivity index (χ3n) is 4.13. The topological polar surface area (TPSA) is 33.1 Å². The lowest BCUT2D eigenvalue weighted by Crippen LogP contribution is -2.48. The minimum Gasteiger partial charge on any atom is -0.314 e. The smallest absolute Gasteiger partial charge is 0.0597 e. The predicted octanol–water partition coefficient (Wildman–Crippen LogP) is 2.03. The number of hydrogen-bond donors (Lipinski definition) is 1. The van der Waals surface area contributed by atoms with Gasteiger partial charge in [0.25, 0.3) is 0 Å². The molecule has 1 fully saturated rings. The summed E-state index contributed by atoms with van der Waals surface area (Å²) in [6.45, 7) is 14.3. The van der Waals surface area contributed by atoms with E-state index in [1.165, 1.54) is 25.2 Å². The Morgan fingerprint density at radius 3 is 2.84 bits per heavy atom. The molecular formula is C15H28N4. The average Bonchev–Trinajstić information content (AvgIpc) is 2.73. The van der Waals surface area contributed by atoms with Gasteiger partial charge < -0.3 is 5.32 Å². The Labute approximate surface area is 117 Å². The molecule has 0 aromatic carbocycles. The highest BCUT2D eigenvalue weighted by molar-refractivity contribution is 5.09. The Bertz CT molecular complexity index is 399. The van der Waals surface area contributed by atoms with E-state index in [1.54, 1.807) is 0 Å². The molecule has 1 aromatic heterocycles. The van der Waals surface area contributed by atoms with E-state index >= 15 is 0 Å². The third-order valence-corrected chi connectivity index (χ3v) is 4.13. The van der Waals surface area contributed by atoms with Gasteiger partial charge in [-0.15, -0.1) is 0 Å². The van der Waals surface area contributed by atoms with Crippen LogP contribution in [0.3, 0.4) is 0 Å². The summed E-state index contributed by atoms with van der Waals surface area (Å²) in [4.78, 5) is 2.57. The first-order chi connectivity index (χ1) is 9.13. The molecular weight excluding hydrogens is 236 g/mol. The molecule has 2 rings (SSSR count). The highest BCUT2D eigenvalue weighted by Crippen LogP contribution is 2.19. The van der Waals surface area contributed by atoms with Gasteiger partial charge in [0.1, 0.15) is 0 Å². The Hall–Kier alpha value is -0.870. The van der Waals surface area contributed by atoms with Gasteiger partial charge in [0, 0.05) is 32.2 Å². The molecule has 4 nitrogen and oxygen atoms in total. The first-order valence-electron chi connectivity index (χ1n) is 7.63. The summed E-state index contributed by atoms with van der Waals surface area (Å²) < 4.78 is 2.14. The maximum absolute atomic E-state index is 4.54. The van der Waals surface area contributed by atoms with Crippen molar-refractivity contribution in [2.24, 2.45) is 5.92 Å². The highest BCUT2D eigenvalue weighted by Gasteiger charge is 2.25. The van der Waals surface area contributed by atoms with Crippen molar-refractivity contribution in [3.8, 4) is 0 Å². The molecule has 4 heteroatoms. The van der Waals surface area contributed by atoms with E-state index in [1.807, 2.05) is 0 Å². The second-order valence-electron chi connectivity index (χ2n) is 5.76. The van der Waals surface area contributed by atoms with Gasteiger partial charge in [-0.1, -0.05) is 13.8 Å². The zero-order chi connectivity index (χ0) is 13.8. The normalized spacial score (nSPS) is 24.8. The van der Waals surface area contributed by atoms with Crippen molar-refractivity contribution in [1.82, 2.24) is 20.0 Å². The van der Waals surface area contributed by atoms with Crippen LogP contribution < -0.4 is 5.32 Å². The summed E-state index contributed by atoms with van der Waals surface area (Å²) >= 11 is 0. The first kappa shape index (κ1) is 14.5. The van der Waals surface area contributed by atoms with Crippen LogP contribution in [0.5, 0.6) is 0 Å². The number of piperidine rings is 1. The van der Waals surface area contributed by atoms with E-state index in [4.69, 9.17) is 0 Å². The van der Waals surface area contributed by atoms with Gasteiger partial charge >= 0.3 is 0 Å². The molecule has 19 heavy (non-hydrogen) atoms. The molecule has 108 valence electrons. The van der Waals surface area contributed by atoms with Crippen molar-refractivity contribution in [1.29, 1.82) is 0 Å². The fourth-order valence-electron chi connectivity index (χ4n) is 3.17. The van der Waals surface area contributed by atoms with Gasteiger partial charge in [0.05, 0.1) is 11.4 Å². The summed E-state index contributed by atoms with van der Waals surface area (Å²) in [6.07, 6.45) is 1.26. The monoisotopic (exact) mass is 264 g/mol. The lowest BCUT2D eigenvalue weighted by molar-refractivity contribution is 0.139. The Morgan fingerprint density at radius 2 is 2.21 bits per heavy atom. The van der Waals surface area contributed by atoms with Gasteiger partial charge in [0.2, 0.25) is 0 Å². The van der Waals surface area contributed by atoms with E-state index in [2.05, 4.69) is 53.8 Å². The molecule has 0 spiro atoms. The number of nitrogens with zero attached hydrogens (tertiary/aromatic N) is 3. The first-order valence-corrected chi connectivity index (χ1v) is 7.63. The molecule has 1 aliphatic rings. The average molecular weight is 264 g/mol. The van der Waals surface area contributed by atoms with Crippen LogP contribution in [0.15, 0.2) is 6.07 Å². The second kappa shape index (κ2) is 6.53. The van der Waals surface area contributed by atoms with Crippen LogP contribution in [0.25, 0.3) is 0 Å². The van der Waals surface area contributed by atoms with Crippen molar-refractivity contribution in [3.63, 3.8) is 0 Å². The van der Waals surface area contributed by atoms with Gasteiger partial charge in [-0.05, 0) is 38.8 Å². The quantitative estimate of drug-likeness (QED) is 0.883. The molecule has 0 radical (unpaired) electrons. The van der Waals surface area contributed by atoms with Gasteiger partial charge in [-0.25, -0.2) is 0 Å². The van der Waals surface area contributed by atoms with Crippen LogP contribution in [0.4, 0.5) is 0 Å². The molecule has 0 amide bonds. The Morgan fingerprint density at radius 1 is 1.42 bits per heavy atom. The molecule has 2 heterocycles. The summed E-state index contributed by atoms with van der Waals surface area (Å²) in [5, 5.41) is 8.14. The van der Waals surface area contributed by atoms with Gasteiger partial charge in [0.15, 0.2) is 0 Å². The summed E-state index contributed by atoms with van der Waals surface area (Å²) in [5.74, 6) is 0.729. The Kier molecular flexibility index (Phi) is 4.99. The lowest BCUT2D eigenvalue weighted by Gasteiger charge is -2.37. The number of aryl methyl sites for hydroxylation is 2. The minimum atomic E-state index is 0.694. The molecule has 2 atom stereocenters. The fraction of sp³-hybridized carbons (Fsp3) is 0.800. The van der Waals surface area contributed by atoms with Crippen LogP contribution in [0.1, 0.15) is 38.6 Å². The maximum atomic E-state index is 4.54. The lowest BCUT2D eigenvalue weighted by atomic mass is 9.93. The van der Waals surface area contributed by atoms with E-state index in [0.29, 0.717) is 6.04 Å². The molecule has 1 saturated heterocycles. The predicted molar refractivity (Wildman–Crippen MR) is 79.2 cm³/mol. The Balaban J connectivity index is 1.94. The summed E-state index contributed by atoms with van der Waals surface area (Å²) in [6, 6.07) is 2.92. The zero-order valence-electron chi connectivity index (χ0n) is 12.8. The van der Waals surface area contributed by atoms with Crippen molar-refractivity contribution in [2.75, 3.05) is 19.6 Å². The van der Waals surface area contributed by atoms with Gasteiger partial charge in [-0.2, -0.15) is 5.10 Å². The van der Waals surface area contributed by atoms with Crippen molar-refractivity contribution < 1.29 is 0 Å².